The van der Waals surface area contributed by atoms with Gasteiger partial charge in [0.05, 0.1) is 10.2 Å². The summed E-state index contributed by atoms with van der Waals surface area (Å²) in [6.45, 7) is 3.99. The molecule has 3 rings (SSSR count). The molecule has 0 saturated carbocycles. The van der Waals surface area contributed by atoms with E-state index in [9.17, 15) is 4.79 Å². The van der Waals surface area contributed by atoms with Crippen molar-refractivity contribution in [3.8, 4) is 0 Å². The average molecular weight is 296 g/mol. The molecule has 0 unspecified atom stereocenters. The van der Waals surface area contributed by atoms with E-state index in [1.807, 2.05) is 42.8 Å². The van der Waals surface area contributed by atoms with E-state index in [2.05, 4.69) is 30.1 Å². The van der Waals surface area contributed by atoms with Crippen LogP contribution in [0.5, 0.6) is 0 Å². The van der Waals surface area contributed by atoms with Crippen molar-refractivity contribution in [2.75, 3.05) is 0 Å². The summed E-state index contributed by atoms with van der Waals surface area (Å²) in [5.74, 6) is -0.188. The third-order valence-corrected chi connectivity index (χ3v) is 4.63. The topological polar surface area (TPSA) is 34.4 Å². The third-order valence-electron chi connectivity index (χ3n) is 3.54. The van der Waals surface area contributed by atoms with Crippen LogP contribution in [0.15, 0.2) is 47.5 Å². The lowest BCUT2D eigenvalue weighted by Crippen LogP contribution is -2.13. The predicted molar refractivity (Wildman–Crippen MR) is 86.6 cm³/mol. The summed E-state index contributed by atoms with van der Waals surface area (Å²) in [4.78, 5) is 17.4. The van der Waals surface area contributed by atoms with Gasteiger partial charge in [-0.25, -0.2) is 0 Å². The van der Waals surface area contributed by atoms with Crippen molar-refractivity contribution >= 4 is 27.5 Å². The number of rotatable bonds is 1. The average Bonchev–Trinajstić information content (AvgIpc) is 2.75. The molecule has 0 aliphatic carbocycles. The van der Waals surface area contributed by atoms with E-state index in [1.54, 1.807) is 11.3 Å². The highest BCUT2D eigenvalue weighted by atomic mass is 32.1. The smallest absolute Gasteiger partial charge is 0.279 e. The van der Waals surface area contributed by atoms with E-state index >= 15 is 0 Å². The first-order chi connectivity index (χ1) is 10.1. The molecular formula is C17H16N2OS. The highest BCUT2D eigenvalue weighted by Gasteiger charge is 2.09. The van der Waals surface area contributed by atoms with E-state index in [4.69, 9.17) is 0 Å². The van der Waals surface area contributed by atoms with E-state index in [-0.39, 0.29) is 5.91 Å². The number of benzene rings is 2. The second-order valence-corrected chi connectivity index (χ2v) is 6.16. The second kappa shape index (κ2) is 5.30. The summed E-state index contributed by atoms with van der Waals surface area (Å²) in [5, 5.41) is 0. The zero-order valence-electron chi connectivity index (χ0n) is 12.3. The Morgan fingerprint density at radius 3 is 2.67 bits per heavy atom. The van der Waals surface area contributed by atoms with Crippen LogP contribution in [0, 0.1) is 13.8 Å². The molecule has 0 bridgehead atoms. The van der Waals surface area contributed by atoms with E-state index in [1.165, 1.54) is 5.56 Å². The molecule has 21 heavy (non-hydrogen) atoms. The molecule has 0 spiro atoms. The maximum atomic E-state index is 12.4. The lowest BCUT2D eigenvalue weighted by Gasteiger charge is -1.99. The molecule has 3 aromatic rings. The Balaban J connectivity index is 2.14. The summed E-state index contributed by atoms with van der Waals surface area (Å²) in [7, 11) is 1.94. The van der Waals surface area contributed by atoms with Crippen molar-refractivity contribution in [2.45, 2.75) is 13.8 Å². The van der Waals surface area contributed by atoms with Crippen LogP contribution in [0.1, 0.15) is 21.5 Å². The van der Waals surface area contributed by atoms with Crippen LogP contribution in [0.3, 0.4) is 0 Å². The number of nitrogens with zero attached hydrogens (tertiary/aromatic N) is 2. The van der Waals surface area contributed by atoms with Crippen LogP contribution in [-0.2, 0) is 7.05 Å². The standard InChI is InChI=1S/C17H16N2OS/c1-11-8-9-14-15(10-11)21-17(19(14)3)18-16(20)13-7-5-4-6-12(13)2/h4-10H,1-3H3. The van der Waals surface area contributed by atoms with E-state index in [0.29, 0.717) is 5.56 Å². The van der Waals surface area contributed by atoms with Crippen LogP contribution >= 0.6 is 11.3 Å². The number of hydrogen-bond acceptors (Lipinski definition) is 2. The zero-order valence-corrected chi connectivity index (χ0v) is 13.1. The summed E-state index contributed by atoms with van der Waals surface area (Å²) in [5.41, 5.74) is 3.92. The number of aromatic nitrogens is 1. The molecule has 106 valence electrons. The highest BCUT2D eigenvalue weighted by molar-refractivity contribution is 7.16. The summed E-state index contributed by atoms with van der Waals surface area (Å²) < 4.78 is 3.11. The Kier molecular flexibility index (Phi) is 3.47. The molecule has 0 radical (unpaired) electrons. The van der Waals surface area contributed by atoms with Crippen LogP contribution in [0.2, 0.25) is 0 Å². The van der Waals surface area contributed by atoms with Gasteiger partial charge in [-0.1, -0.05) is 35.6 Å². The molecule has 4 heteroatoms. The summed E-state index contributed by atoms with van der Waals surface area (Å²) in [6.07, 6.45) is 0. The van der Waals surface area contributed by atoms with Gasteiger partial charge in [0.1, 0.15) is 0 Å². The Morgan fingerprint density at radius 1 is 1.14 bits per heavy atom. The predicted octanol–water partition coefficient (Wildman–Crippen LogP) is 3.60. The summed E-state index contributed by atoms with van der Waals surface area (Å²) in [6, 6.07) is 13.8. The van der Waals surface area contributed by atoms with Gasteiger partial charge in [0, 0.05) is 12.6 Å². The molecule has 0 fully saturated rings. The van der Waals surface area contributed by atoms with Gasteiger partial charge in [-0.15, -0.1) is 0 Å². The van der Waals surface area contributed by atoms with Gasteiger partial charge >= 0.3 is 0 Å². The third kappa shape index (κ3) is 2.54. The van der Waals surface area contributed by atoms with E-state index in [0.717, 1.165) is 20.6 Å². The second-order valence-electron chi connectivity index (χ2n) is 5.15. The van der Waals surface area contributed by atoms with Crippen molar-refractivity contribution in [3.63, 3.8) is 0 Å². The Morgan fingerprint density at radius 2 is 1.90 bits per heavy atom. The lowest BCUT2D eigenvalue weighted by atomic mass is 10.1. The first-order valence-corrected chi connectivity index (χ1v) is 7.59. The number of fused-ring (bicyclic) bond motifs is 1. The molecular weight excluding hydrogens is 280 g/mol. The molecule has 1 amide bonds. The fourth-order valence-corrected chi connectivity index (χ4v) is 3.42. The molecule has 0 N–H and O–H groups in total. The van der Waals surface area contributed by atoms with Crippen LogP contribution in [0.25, 0.3) is 10.2 Å². The van der Waals surface area contributed by atoms with Gasteiger partial charge in [0.2, 0.25) is 0 Å². The fourth-order valence-electron chi connectivity index (χ4n) is 2.31. The normalized spacial score (nSPS) is 12.0. The number of amides is 1. The SMILES string of the molecule is Cc1ccc2c(c1)sc(=NC(=O)c1ccccc1C)n2C. The van der Waals surface area contributed by atoms with Crippen molar-refractivity contribution in [1.82, 2.24) is 4.57 Å². The fraction of sp³-hybridized carbons (Fsp3) is 0.176. The Labute approximate surface area is 127 Å². The van der Waals surface area contributed by atoms with Gasteiger partial charge in [0.15, 0.2) is 4.80 Å². The van der Waals surface area contributed by atoms with Crippen LogP contribution < -0.4 is 4.80 Å². The Hall–Kier alpha value is -2.20. The summed E-state index contributed by atoms with van der Waals surface area (Å²) >= 11 is 1.54. The maximum Gasteiger partial charge on any atom is 0.279 e. The molecule has 2 aromatic carbocycles. The number of aryl methyl sites for hydroxylation is 3. The van der Waals surface area contributed by atoms with Gasteiger partial charge in [0.25, 0.3) is 5.91 Å². The van der Waals surface area contributed by atoms with Crippen molar-refractivity contribution < 1.29 is 4.79 Å². The molecule has 1 aromatic heterocycles. The first-order valence-electron chi connectivity index (χ1n) is 6.77. The number of thiazole rings is 1. The number of hydrogen-bond donors (Lipinski definition) is 0. The van der Waals surface area contributed by atoms with Crippen LogP contribution in [-0.4, -0.2) is 10.5 Å². The largest absolute Gasteiger partial charge is 0.319 e. The number of carbonyl (C=O) groups is 1. The van der Waals surface area contributed by atoms with Crippen LogP contribution in [0.4, 0.5) is 0 Å². The lowest BCUT2D eigenvalue weighted by molar-refractivity contribution is 0.0997. The van der Waals surface area contributed by atoms with E-state index < -0.39 is 0 Å². The minimum atomic E-state index is -0.188. The molecule has 0 aliphatic rings. The molecule has 0 atom stereocenters. The quantitative estimate of drug-likeness (QED) is 0.675. The molecule has 0 saturated heterocycles. The minimum Gasteiger partial charge on any atom is -0.319 e. The number of carbonyl (C=O) groups excluding carboxylic acids is 1. The van der Waals surface area contributed by atoms with Crippen molar-refractivity contribution in [1.29, 1.82) is 0 Å². The maximum absolute atomic E-state index is 12.4. The van der Waals surface area contributed by atoms with Gasteiger partial charge in [-0.2, -0.15) is 4.99 Å². The zero-order chi connectivity index (χ0) is 15.0. The minimum absolute atomic E-state index is 0.188. The van der Waals surface area contributed by atoms with Crippen molar-refractivity contribution in [2.24, 2.45) is 12.0 Å². The first kappa shape index (κ1) is 13.8. The Bertz CT molecular complexity index is 903. The van der Waals surface area contributed by atoms with Gasteiger partial charge in [-0.05, 0) is 43.2 Å². The van der Waals surface area contributed by atoms with Crippen molar-refractivity contribution in [3.05, 3.63) is 64.0 Å². The molecule has 1 heterocycles. The molecule has 0 aliphatic heterocycles. The van der Waals surface area contributed by atoms with Gasteiger partial charge in [-0.3, -0.25) is 4.79 Å². The van der Waals surface area contributed by atoms with Gasteiger partial charge < -0.3 is 4.57 Å². The monoisotopic (exact) mass is 296 g/mol. The highest BCUT2D eigenvalue weighted by Crippen LogP contribution is 2.18. The molecule has 3 nitrogen and oxygen atoms in total.